The lowest BCUT2D eigenvalue weighted by molar-refractivity contribution is 0.0600. The summed E-state index contributed by atoms with van der Waals surface area (Å²) in [5.41, 5.74) is 3.03. The van der Waals surface area contributed by atoms with E-state index in [1.165, 1.54) is 14.0 Å². The third-order valence-electron chi connectivity index (χ3n) is 3.77. The lowest BCUT2D eigenvalue weighted by Crippen LogP contribution is -2.01. The van der Waals surface area contributed by atoms with Gasteiger partial charge in [0.25, 0.3) is 0 Å². The number of phenolic OH excluding ortho intramolecular Hbond substituents is 1. The summed E-state index contributed by atoms with van der Waals surface area (Å²) in [5, 5.41) is 9.88. The highest BCUT2D eigenvalue weighted by atomic mass is 16.5. The molecule has 0 aliphatic heterocycles. The zero-order valence-corrected chi connectivity index (χ0v) is 13.3. The van der Waals surface area contributed by atoms with Gasteiger partial charge in [0, 0.05) is 5.56 Å². The summed E-state index contributed by atoms with van der Waals surface area (Å²) in [5.74, 6) is -0.136. The van der Waals surface area contributed by atoms with Gasteiger partial charge in [-0.2, -0.15) is 0 Å². The van der Waals surface area contributed by atoms with Crippen molar-refractivity contribution in [3.8, 4) is 5.75 Å². The Morgan fingerprint density at radius 2 is 1.65 bits per heavy atom. The number of aromatic hydroxyl groups is 1. The molecule has 0 amide bonds. The number of benzene rings is 2. The smallest absolute Gasteiger partial charge is 0.337 e. The molecule has 2 rings (SSSR count). The number of phenols is 1. The topological polar surface area (TPSA) is 63.6 Å². The van der Waals surface area contributed by atoms with Gasteiger partial charge in [0.05, 0.1) is 12.7 Å². The highest BCUT2D eigenvalue weighted by Gasteiger charge is 2.07. The van der Waals surface area contributed by atoms with Gasteiger partial charge in [-0.3, -0.25) is 4.79 Å². The monoisotopic (exact) mass is 312 g/mol. The maximum atomic E-state index is 11.4. The minimum atomic E-state index is -0.345. The van der Waals surface area contributed by atoms with Crippen molar-refractivity contribution in [2.45, 2.75) is 26.2 Å². The van der Waals surface area contributed by atoms with Gasteiger partial charge < -0.3 is 9.84 Å². The molecule has 0 heterocycles. The summed E-state index contributed by atoms with van der Waals surface area (Å²) in [7, 11) is 1.36. The first-order valence-electron chi connectivity index (χ1n) is 7.51. The van der Waals surface area contributed by atoms with Gasteiger partial charge in [0.15, 0.2) is 5.78 Å². The van der Waals surface area contributed by atoms with E-state index in [-0.39, 0.29) is 17.5 Å². The van der Waals surface area contributed by atoms with Crippen LogP contribution in [0.25, 0.3) is 0 Å². The summed E-state index contributed by atoms with van der Waals surface area (Å²) < 4.78 is 4.66. The van der Waals surface area contributed by atoms with Crippen LogP contribution < -0.4 is 0 Å². The first kappa shape index (κ1) is 16.7. The first-order chi connectivity index (χ1) is 11.0. The summed E-state index contributed by atoms with van der Waals surface area (Å²) >= 11 is 0. The molecule has 4 heteroatoms. The number of rotatable bonds is 6. The maximum absolute atomic E-state index is 11.4. The van der Waals surface area contributed by atoms with E-state index < -0.39 is 0 Å². The summed E-state index contributed by atoms with van der Waals surface area (Å²) in [6.45, 7) is 1.51. The summed E-state index contributed by atoms with van der Waals surface area (Å²) in [4.78, 5) is 22.8. The fraction of sp³-hybridized carbons (Fsp3) is 0.263. The zero-order valence-electron chi connectivity index (χ0n) is 13.3. The minimum Gasteiger partial charge on any atom is -0.508 e. The predicted octanol–water partition coefficient (Wildman–Crippen LogP) is 3.56. The molecule has 0 aromatic heterocycles. The average molecular weight is 312 g/mol. The lowest BCUT2D eigenvalue weighted by atomic mass is 10.00. The van der Waals surface area contributed by atoms with Gasteiger partial charge in [-0.15, -0.1) is 0 Å². The van der Waals surface area contributed by atoms with Crippen molar-refractivity contribution in [2.24, 2.45) is 0 Å². The third kappa shape index (κ3) is 4.42. The molecule has 4 nitrogen and oxygen atoms in total. The van der Waals surface area contributed by atoms with E-state index in [4.69, 9.17) is 0 Å². The van der Waals surface area contributed by atoms with Gasteiger partial charge >= 0.3 is 5.97 Å². The van der Waals surface area contributed by atoms with Crippen molar-refractivity contribution >= 4 is 11.8 Å². The minimum absolute atomic E-state index is 0.00958. The SMILES string of the molecule is COC(=O)c1ccc(CCCc2cc(C(C)=O)ccc2O)cc1. The molecule has 2 aromatic rings. The number of hydrogen-bond acceptors (Lipinski definition) is 4. The van der Waals surface area contributed by atoms with Crippen LogP contribution in [0.4, 0.5) is 0 Å². The molecule has 0 aliphatic carbocycles. The molecular weight excluding hydrogens is 292 g/mol. The second kappa shape index (κ2) is 7.58. The van der Waals surface area contributed by atoms with Crippen LogP contribution in [0.2, 0.25) is 0 Å². The second-order valence-electron chi connectivity index (χ2n) is 5.44. The number of esters is 1. The molecule has 0 atom stereocenters. The number of Topliss-reactive ketones (excluding diaryl/α,β-unsaturated/α-hetero) is 1. The van der Waals surface area contributed by atoms with Crippen molar-refractivity contribution < 1.29 is 19.4 Å². The number of ketones is 1. The van der Waals surface area contributed by atoms with E-state index in [9.17, 15) is 14.7 Å². The second-order valence-corrected chi connectivity index (χ2v) is 5.44. The largest absolute Gasteiger partial charge is 0.508 e. The van der Waals surface area contributed by atoms with Crippen molar-refractivity contribution in [1.29, 1.82) is 0 Å². The van der Waals surface area contributed by atoms with Gasteiger partial charge in [0.2, 0.25) is 0 Å². The molecule has 120 valence electrons. The first-order valence-corrected chi connectivity index (χ1v) is 7.51. The van der Waals surface area contributed by atoms with Gasteiger partial charge in [-0.05, 0) is 67.6 Å². The van der Waals surface area contributed by atoms with Crippen molar-refractivity contribution in [2.75, 3.05) is 7.11 Å². The van der Waals surface area contributed by atoms with E-state index in [0.29, 0.717) is 17.5 Å². The third-order valence-corrected chi connectivity index (χ3v) is 3.77. The molecule has 0 spiro atoms. The summed E-state index contributed by atoms with van der Waals surface area (Å²) in [6.07, 6.45) is 2.35. The molecule has 0 fully saturated rings. The highest BCUT2D eigenvalue weighted by molar-refractivity contribution is 5.94. The number of ether oxygens (including phenoxy) is 1. The Labute approximate surface area is 135 Å². The molecule has 23 heavy (non-hydrogen) atoms. The zero-order chi connectivity index (χ0) is 16.8. The molecular formula is C19H20O4. The average Bonchev–Trinajstić information content (AvgIpc) is 2.56. The van der Waals surface area contributed by atoms with E-state index in [1.807, 2.05) is 12.1 Å². The number of carbonyl (C=O) groups excluding carboxylic acids is 2. The van der Waals surface area contributed by atoms with Gasteiger partial charge in [0.1, 0.15) is 5.75 Å². The molecule has 0 bridgehead atoms. The Morgan fingerprint density at radius 1 is 1.00 bits per heavy atom. The van der Waals surface area contributed by atoms with Gasteiger partial charge in [-0.1, -0.05) is 12.1 Å². The van der Waals surface area contributed by atoms with Crippen LogP contribution in [-0.2, 0) is 17.6 Å². The van der Waals surface area contributed by atoms with Crippen LogP contribution in [0.5, 0.6) is 5.75 Å². The van der Waals surface area contributed by atoms with E-state index in [1.54, 1.807) is 30.3 Å². The molecule has 1 N–H and O–H groups in total. The highest BCUT2D eigenvalue weighted by Crippen LogP contribution is 2.21. The Balaban J connectivity index is 1.96. The van der Waals surface area contributed by atoms with E-state index in [2.05, 4.69) is 4.74 Å². The van der Waals surface area contributed by atoms with Crippen LogP contribution in [0.15, 0.2) is 42.5 Å². The Bertz CT molecular complexity index is 702. The molecule has 0 aliphatic rings. The number of methoxy groups -OCH3 is 1. The van der Waals surface area contributed by atoms with Crippen molar-refractivity contribution in [1.82, 2.24) is 0 Å². The number of hydrogen-bond donors (Lipinski definition) is 1. The Kier molecular flexibility index (Phi) is 5.52. The van der Waals surface area contributed by atoms with Crippen molar-refractivity contribution in [3.05, 3.63) is 64.7 Å². The normalized spacial score (nSPS) is 10.3. The standard InChI is InChI=1S/C19H20O4/c1-13(20)16-10-11-18(21)17(12-16)5-3-4-14-6-8-15(9-7-14)19(22)23-2/h6-12,21H,3-5H2,1-2H3. The fourth-order valence-corrected chi connectivity index (χ4v) is 2.41. The molecule has 0 radical (unpaired) electrons. The fourth-order valence-electron chi connectivity index (χ4n) is 2.41. The van der Waals surface area contributed by atoms with Crippen LogP contribution >= 0.6 is 0 Å². The Hall–Kier alpha value is -2.62. The van der Waals surface area contributed by atoms with Crippen LogP contribution in [-0.4, -0.2) is 24.0 Å². The molecule has 0 saturated carbocycles. The maximum Gasteiger partial charge on any atom is 0.337 e. The number of aryl methyl sites for hydroxylation is 2. The van der Waals surface area contributed by atoms with Crippen LogP contribution in [0, 0.1) is 0 Å². The Morgan fingerprint density at radius 3 is 2.26 bits per heavy atom. The van der Waals surface area contributed by atoms with Crippen LogP contribution in [0.3, 0.4) is 0 Å². The molecule has 2 aromatic carbocycles. The number of carbonyl (C=O) groups is 2. The van der Waals surface area contributed by atoms with Gasteiger partial charge in [-0.25, -0.2) is 4.79 Å². The van der Waals surface area contributed by atoms with E-state index in [0.717, 1.165) is 24.0 Å². The molecule has 0 saturated heterocycles. The van der Waals surface area contributed by atoms with Crippen LogP contribution in [0.1, 0.15) is 45.2 Å². The lowest BCUT2D eigenvalue weighted by Gasteiger charge is -2.07. The quantitative estimate of drug-likeness (QED) is 0.654. The van der Waals surface area contributed by atoms with Crippen molar-refractivity contribution in [3.63, 3.8) is 0 Å². The van der Waals surface area contributed by atoms with E-state index >= 15 is 0 Å². The molecule has 0 unspecified atom stereocenters. The summed E-state index contributed by atoms with van der Waals surface area (Å²) in [6, 6.07) is 12.2. The predicted molar refractivity (Wildman–Crippen MR) is 87.9 cm³/mol.